The minimum Gasteiger partial charge on any atom is -0.376 e. The van der Waals surface area contributed by atoms with Crippen LogP contribution in [0.2, 0.25) is 5.02 Å². The van der Waals surface area contributed by atoms with Crippen LogP contribution in [0.4, 0.5) is 5.69 Å². The van der Waals surface area contributed by atoms with Gasteiger partial charge in [-0.15, -0.1) is 0 Å². The fourth-order valence-electron chi connectivity index (χ4n) is 1.89. The molecule has 1 atom stereocenters. The Labute approximate surface area is 112 Å². The van der Waals surface area contributed by atoms with E-state index in [1.54, 1.807) is 0 Å². The van der Waals surface area contributed by atoms with Crippen LogP contribution in [0.15, 0.2) is 30.5 Å². The largest absolute Gasteiger partial charge is 0.376 e. The summed E-state index contributed by atoms with van der Waals surface area (Å²) in [6.45, 7) is 2.51. The summed E-state index contributed by atoms with van der Waals surface area (Å²) in [5, 5.41) is 8.29. The van der Waals surface area contributed by atoms with Crippen molar-refractivity contribution in [3.05, 3.63) is 46.7 Å². The fourth-order valence-corrected chi connectivity index (χ4v) is 2.08. The molecular formula is C13H17ClN4. The van der Waals surface area contributed by atoms with Crippen molar-refractivity contribution in [2.24, 2.45) is 12.8 Å². The highest BCUT2D eigenvalue weighted by Crippen LogP contribution is 2.26. The average molecular weight is 265 g/mol. The minimum absolute atomic E-state index is 0.0126. The van der Waals surface area contributed by atoms with Crippen molar-refractivity contribution in [3.63, 3.8) is 0 Å². The molecule has 0 saturated carbocycles. The van der Waals surface area contributed by atoms with Crippen LogP contribution in [0, 0.1) is 6.92 Å². The molecule has 18 heavy (non-hydrogen) atoms. The van der Waals surface area contributed by atoms with Crippen molar-refractivity contribution in [3.8, 4) is 0 Å². The molecule has 1 aromatic carbocycles. The Bertz CT molecular complexity index is 536. The summed E-state index contributed by atoms with van der Waals surface area (Å²) in [5.41, 5.74) is 8.92. The second-order valence-corrected chi connectivity index (χ2v) is 4.63. The number of nitrogens with one attached hydrogen (secondary N) is 1. The zero-order valence-electron chi connectivity index (χ0n) is 10.5. The van der Waals surface area contributed by atoms with Crippen LogP contribution in [0.1, 0.15) is 17.3 Å². The van der Waals surface area contributed by atoms with Gasteiger partial charge in [0.25, 0.3) is 0 Å². The second-order valence-electron chi connectivity index (χ2n) is 4.22. The van der Waals surface area contributed by atoms with Gasteiger partial charge < -0.3 is 11.1 Å². The number of para-hydroxylation sites is 1. The highest BCUT2D eigenvalue weighted by Gasteiger charge is 2.15. The molecule has 2 rings (SSSR count). The molecule has 1 aromatic heterocycles. The fraction of sp³-hybridized carbons (Fsp3) is 0.308. The van der Waals surface area contributed by atoms with Crippen LogP contribution in [0.25, 0.3) is 0 Å². The van der Waals surface area contributed by atoms with Crippen LogP contribution >= 0.6 is 11.6 Å². The molecule has 5 heteroatoms. The number of hydrogen-bond donors (Lipinski definition) is 2. The molecule has 0 aliphatic carbocycles. The molecule has 0 spiro atoms. The van der Waals surface area contributed by atoms with Gasteiger partial charge >= 0.3 is 0 Å². The number of anilines is 1. The van der Waals surface area contributed by atoms with E-state index in [-0.39, 0.29) is 6.04 Å². The summed E-state index contributed by atoms with van der Waals surface area (Å²) in [7, 11) is 1.92. The molecule has 0 fully saturated rings. The van der Waals surface area contributed by atoms with Gasteiger partial charge in [0.15, 0.2) is 0 Å². The van der Waals surface area contributed by atoms with Crippen molar-refractivity contribution in [1.29, 1.82) is 0 Å². The van der Waals surface area contributed by atoms with E-state index in [2.05, 4.69) is 10.4 Å². The summed E-state index contributed by atoms with van der Waals surface area (Å²) in [6, 6.07) is 7.65. The Balaban J connectivity index is 2.25. The molecule has 0 amide bonds. The molecule has 96 valence electrons. The molecular weight excluding hydrogens is 248 g/mol. The number of rotatable bonds is 4. The van der Waals surface area contributed by atoms with Gasteiger partial charge in [0.2, 0.25) is 0 Å². The first-order valence-electron chi connectivity index (χ1n) is 5.83. The van der Waals surface area contributed by atoms with E-state index >= 15 is 0 Å². The smallest absolute Gasteiger partial charge is 0.0670 e. The van der Waals surface area contributed by atoms with Gasteiger partial charge in [0.1, 0.15) is 0 Å². The normalized spacial score (nSPS) is 12.4. The van der Waals surface area contributed by atoms with Crippen LogP contribution in [0.5, 0.6) is 0 Å². The standard InChI is InChI=1S/C13H17ClN4/c1-9-10(8-16-18(9)2)13(7-15)17-12-6-4-3-5-11(12)14/h3-6,8,13,17H,7,15H2,1-2H3. The van der Waals surface area contributed by atoms with Gasteiger partial charge in [-0.1, -0.05) is 23.7 Å². The Hall–Kier alpha value is -1.52. The maximum Gasteiger partial charge on any atom is 0.0670 e. The van der Waals surface area contributed by atoms with Gasteiger partial charge in [0.05, 0.1) is 22.9 Å². The zero-order valence-corrected chi connectivity index (χ0v) is 11.3. The maximum absolute atomic E-state index is 6.13. The maximum atomic E-state index is 6.13. The van der Waals surface area contributed by atoms with E-state index in [0.717, 1.165) is 16.9 Å². The molecule has 0 bridgehead atoms. The van der Waals surface area contributed by atoms with Gasteiger partial charge in [-0.3, -0.25) is 4.68 Å². The molecule has 0 aliphatic rings. The van der Waals surface area contributed by atoms with Crippen molar-refractivity contribution >= 4 is 17.3 Å². The summed E-state index contributed by atoms with van der Waals surface area (Å²) in [4.78, 5) is 0. The first kappa shape index (κ1) is 12.9. The molecule has 1 unspecified atom stereocenters. The number of nitrogens with zero attached hydrogens (tertiary/aromatic N) is 2. The summed E-state index contributed by atoms with van der Waals surface area (Å²) in [6.07, 6.45) is 1.84. The predicted molar refractivity (Wildman–Crippen MR) is 74.8 cm³/mol. The lowest BCUT2D eigenvalue weighted by atomic mass is 10.1. The van der Waals surface area contributed by atoms with Crippen molar-refractivity contribution in [2.45, 2.75) is 13.0 Å². The number of aryl methyl sites for hydroxylation is 1. The molecule has 0 saturated heterocycles. The van der Waals surface area contributed by atoms with Crippen molar-refractivity contribution in [1.82, 2.24) is 9.78 Å². The molecule has 1 heterocycles. The summed E-state index contributed by atoms with van der Waals surface area (Å²) >= 11 is 6.13. The summed E-state index contributed by atoms with van der Waals surface area (Å²) in [5.74, 6) is 0. The molecule has 4 nitrogen and oxygen atoms in total. The monoisotopic (exact) mass is 264 g/mol. The van der Waals surface area contributed by atoms with Gasteiger partial charge in [-0.05, 0) is 19.1 Å². The molecule has 3 N–H and O–H groups in total. The first-order chi connectivity index (χ1) is 8.63. The van der Waals surface area contributed by atoms with Crippen LogP contribution in [-0.2, 0) is 7.05 Å². The van der Waals surface area contributed by atoms with Crippen LogP contribution in [-0.4, -0.2) is 16.3 Å². The molecule has 0 aliphatic heterocycles. The van der Waals surface area contributed by atoms with E-state index in [0.29, 0.717) is 11.6 Å². The third kappa shape index (κ3) is 2.49. The Morgan fingerprint density at radius 3 is 2.72 bits per heavy atom. The van der Waals surface area contributed by atoms with Crippen molar-refractivity contribution in [2.75, 3.05) is 11.9 Å². The van der Waals surface area contributed by atoms with Gasteiger partial charge in [0, 0.05) is 24.8 Å². The first-order valence-corrected chi connectivity index (χ1v) is 6.21. The van der Waals surface area contributed by atoms with E-state index in [1.807, 2.05) is 49.1 Å². The summed E-state index contributed by atoms with van der Waals surface area (Å²) < 4.78 is 1.84. The quantitative estimate of drug-likeness (QED) is 0.892. The van der Waals surface area contributed by atoms with Gasteiger partial charge in [-0.2, -0.15) is 5.10 Å². The third-order valence-corrected chi connectivity index (χ3v) is 3.42. The topological polar surface area (TPSA) is 55.9 Å². The Kier molecular flexibility index (Phi) is 3.89. The number of nitrogens with two attached hydrogens (primary N) is 1. The lowest BCUT2D eigenvalue weighted by molar-refractivity contribution is 0.728. The SMILES string of the molecule is Cc1c(C(CN)Nc2ccccc2Cl)cnn1C. The third-order valence-electron chi connectivity index (χ3n) is 3.09. The highest BCUT2D eigenvalue weighted by molar-refractivity contribution is 6.33. The molecule has 0 radical (unpaired) electrons. The van der Waals surface area contributed by atoms with Gasteiger partial charge in [-0.25, -0.2) is 0 Å². The Morgan fingerprint density at radius 1 is 1.44 bits per heavy atom. The lowest BCUT2D eigenvalue weighted by Crippen LogP contribution is -2.21. The van der Waals surface area contributed by atoms with E-state index < -0.39 is 0 Å². The number of benzene rings is 1. The Morgan fingerprint density at radius 2 is 2.17 bits per heavy atom. The van der Waals surface area contributed by atoms with E-state index in [1.165, 1.54) is 0 Å². The number of hydrogen-bond acceptors (Lipinski definition) is 3. The van der Waals surface area contributed by atoms with E-state index in [4.69, 9.17) is 17.3 Å². The number of halogens is 1. The van der Waals surface area contributed by atoms with E-state index in [9.17, 15) is 0 Å². The highest BCUT2D eigenvalue weighted by atomic mass is 35.5. The number of aromatic nitrogens is 2. The lowest BCUT2D eigenvalue weighted by Gasteiger charge is -2.18. The van der Waals surface area contributed by atoms with Crippen LogP contribution < -0.4 is 11.1 Å². The minimum atomic E-state index is 0.0126. The predicted octanol–water partition coefficient (Wildman–Crippen LogP) is 2.49. The van der Waals surface area contributed by atoms with Crippen LogP contribution in [0.3, 0.4) is 0 Å². The molecule has 2 aromatic rings. The average Bonchev–Trinajstić information content (AvgIpc) is 2.70. The second kappa shape index (κ2) is 5.42. The van der Waals surface area contributed by atoms with Crippen molar-refractivity contribution < 1.29 is 0 Å². The zero-order chi connectivity index (χ0) is 13.1.